The van der Waals surface area contributed by atoms with Crippen LogP contribution in [-0.4, -0.2) is 34.3 Å². The number of rotatable bonds is 2. The van der Waals surface area contributed by atoms with E-state index < -0.39 is 29.6 Å². The molecule has 2 N–H and O–H groups in total. The van der Waals surface area contributed by atoms with Gasteiger partial charge in [0, 0.05) is 12.6 Å². The van der Waals surface area contributed by atoms with Gasteiger partial charge in [0.2, 0.25) is 5.91 Å². The summed E-state index contributed by atoms with van der Waals surface area (Å²) in [6.45, 7) is 3.38. The van der Waals surface area contributed by atoms with E-state index in [1.54, 1.807) is 0 Å². The summed E-state index contributed by atoms with van der Waals surface area (Å²) in [5, 5.41) is 0. The minimum Gasteiger partial charge on any atom is -0.369 e. The van der Waals surface area contributed by atoms with E-state index >= 15 is 0 Å². The highest BCUT2D eigenvalue weighted by Crippen LogP contribution is 2.29. The number of carbonyl (C=O) groups is 2. The number of hydrogen-bond donors (Lipinski definition) is 1. The smallest absolute Gasteiger partial charge is 0.369 e. The Hall–Kier alpha value is -2.12. The van der Waals surface area contributed by atoms with Crippen molar-refractivity contribution in [3.8, 4) is 0 Å². The topological polar surface area (TPSA) is 76.3 Å². The van der Waals surface area contributed by atoms with Gasteiger partial charge in [-0.25, -0.2) is 4.98 Å². The summed E-state index contributed by atoms with van der Waals surface area (Å²) in [4.78, 5) is 28.9. The second kappa shape index (κ2) is 6.17. The molecule has 0 aromatic carbocycles. The monoisotopic (exact) mass is 329 g/mol. The summed E-state index contributed by atoms with van der Waals surface area (Å²) in [6.07, 6.45) is -3.33. The summed E-state index contributed by atoms with van der Waals surface area (Å²) < 4.78 is 37.9. The van der Waals surface area contributed by atoms with Crippen LogP contribution in [0.1, 0.15) is 41.5 Å². The number of piperidine rings is 1. The van der Waals surface area contributed by atoms with Crippen molar-refractivity contribution in [2.75, 3.05) is 6.54 Å². The molecule has 1 aliphatic heterocycles. The van der Waals surface area contributed by atoms with Gasteiger partial charge in [0.25, 0.3) is 5.91 Å². The van der Waals surface area contributed by atoms with Gasteiger partial charge in [0.05, 0.1) is 17.2 Å². The maximum absolute atomic E-state index is 12.6. The SMILES string of the molecule is Cc1nc(C(F)(F)F)ccc1C(=O)N1C[C@@H](C(N)=O)CC[C@H]1C. The molecule has 8 heteroatoms. The van der Waals surface area contributed by atoms with Crippen LogP contribution >= 0.6 is 0 Å². The Morgan fingerprint density at radius 2 is 1.96 bits per heavy atom. The molecule has 0 saturated carbocycles. The molecule has 0 spiro atoms. The van der Waals surface area contributed by atoms with Crippen molar-refractivity contribution in [2.45, 2.75) is 38.9 Å². The summed E-state index contributed by atoms with van der Waals surface area (Å²) >= 11 is 0. The van der Waals surface area contributed by atoms with Gasteiger partial charge in [-0.05, 0) is 38.8 Å². The van der Waals surface area contributed by atoms with Gasteiger partial charge in [-0.3, -0.25) is 9.59 Å². The highest BCUT2D eigenvalue weighted by atomic mass is 19.4. The molecule has 0 aliphatic carbocycles. The summed E-state index contributed by atoms with van der Waals surface area (Å²) in [7, 11) is 0. The molecule has 1 fully saturated rings. The first-order valence-electron chi connectivity index (χ1n) is 7.26. The zero-order chi connectivity index (χ0) is 17.4. The van der Waals surface area contributed by atoms with Crippen molar-refractivity contribution in [1.82, 2.24) is 9.88 Å². The quantitative estimate of drug-likeness (QED) is 0.903. The lowest BCUT2D eigenvalue weighted by Crippen LogP contribution is -2.48. The number of aryl methyl sites for hydroxylation is 1. The van der Waals surface area contributed by atoms with Crippen LogP contribution in [0.15, 0.2) is 12.1 Å². The second-order valence-corrected chi connectivity index (χ2v) is 5.81. The van der Waals surface area contributed by atoms with E-state index in [2.05, 4.69) is 4.98 Å². The number of amides is 2. The van der Waals surface area contributed by atoms with Crippen molar-refractivity contribution in [2.24, 2.45) is 11.7 Å². The van der Waals surface area contributed by atoms with Gasteiger partial charge in [-0.1, -0.05) is 0 Å². The third-order valence-electron chi connectivity index (χ3n) is 4.15. The standard InChI is InChI=1S/C15H18F3N3O2/c1-8-3-4-10(13(19)22)7-21(8)14(23)11-5-6-12(15(16,17)18)20-9(11)2/h5-6,8,10H,3-4,7H2,1-2H3,(H2,19,22)/t8-,10+/m1/s1. The first kappa shape index (κ1) is 17.2. The summed E-state index contributed by atoms with van der Waals surface area (Å²) in [5.41, 5.74) is 4.38. The number of aromatic nitrogens is 1. The summed E-state index contributed by atoms with van der Waals surface area (Å²) in [6, 6.07) is 1.81. The molecule has 0 radical (unpaired) electrons. The predicted octanol–water partition coefficient (Wildman–Crippen LogP) is 2.13. The predicted molar refractivity (Wildman–Crippen MR) is 76.4 cm³/mol. The van der Waals surface area contributed by atoms with Crippen molar-refractivity contribution in [1.29, 1.82) is 0 Å². The number of alkyl halides is 3. The van der Waals surface area contributed by atoms with Crippen molar-refractivity contribution in [3.05, 3.63) is 29.1 Å². The number of carbonyl (C=O) groups excluding carboxylic acids is 2. The van der Waals surface area contributed by atoms with Gasteiger partial charge >= 0.3 is 6.18 Å². The van der Waals surface area contributed by atoms with Crippen LogP contribution in [0.3, 0.4) is 0 Å². The molecule has 5 nitrogen and oxygen atoms in total. The fourth-order valence-corrected chi connectivity index (χ4v) is 2.72. The molecule has 1 saturated heterocycles. The van der Waals surface area contributed by atoms with Gasteiger partial charge in [-0.15, -0.1) is 0 Å². The largest absolute Gasteiger partial charge is 0.433 e. The number of nitrogens with zero attached hydrogens (tertiary/aromatic N) is 2. The molecule has 1 aromatic rings. The highest BCUT2D eigenvalue weighted by Gasteiger charge is 2.35. The molecule has 2 rings (SSSR count). The van der Waals surface area contributed by atoms with E-state index in [4.69, 9.17) is 5.73 Å². The molecule has 0 bridgehead atoms. The van der Waals surface area contributed by atoms with Crippen LogP contribution in [0.2, 0.25) is 0 Å². The van der Waals surface area contributed by atoms with Gasteiger partial charge in [0.1, 0.15) is 5.69 Å². The number of primary amides is 1. The van der Waals surface area contributed by atoms with E-state index in [0.29, 0.717) is 12.8 Å². The number of nitrogens with two attached hydrogens (primary N) is 1. The molecule has 1 aliphatic rings. The lowest BCUT2D eigenvalue weighted by atomic mass is 9.92. The van der Waals surface area contributed by atoms with E-state index in [9.17, 15) is 22.8 Å². The Balaban J connectivity index is 2.27. The molecule has 2 heterocycles. The van der Waals surface area contributed by atoms with Crippen LogP contribution in [0, 0.1) is 12.8 Å². The third-order valence-corrected chi connectivity index (χ3v) is 4.15. The Labute approximate surface area is 131 Å². The summed E-state index contributed by atoms with van der Waals surface area (Å²) in [5.74, 6) is -1.34. The zero-order valence-corrected chi connectivity index (χ0v) is 12.9. The van der Waals surface area contributed by atoms with Crippen molar-refractivity contribution >= 4 is 11.8 Å². The number of halogens is 3. The fourth-order valence-electron chi connectivity index (χ4n) is 2.72. The van der Waals surface area contributed by atoms with E-state index in [1.165, 1.54) is 11.8 Å². The first-order chi connectivity index (χ1) is 10.6. The van der Waals surface area contributed by atoms with E-state index in [0.717, 1.165) is 12.1 Å². The van der Waals surface area contributed by atoms with Crippen LogP contribution < -0.4 is 5.73 Å². The van der Waals surface area contributed by atoms with Crippen molar-refractivity contribution < 1.29 is 22.8 Å². The van der Waals surface area contributed by atoms with Gasteiger partial charge < -0.3 is 10.6 Å². The van der Waals surface area contributed by atoms with E-state index in [-0.39, 0.29) is 23.8 Å². The Kier molecular flexibility index (Phi) is 4.63. The Morgan fingerprint density at radius 1 is 1.30 bits per heavy atom. The molecule has 126 valence electrons. The Morgan fingerprint density at radius 3 is 2.48 bits per heavy atom. The maximum Gasteiger partial charge on any atom is 0.433 e. The molecular formula is C15H18F3N3O2. The third kappa shape index (κ3) is 3.62. The second-order valence-electron chi connectivity index (χ2n) is 5.81. The van der Waals surface area contributed by atoms with Crippen molar-refractivity contribution in [3.63, 3.8) is 0 Å². The van der Waals surface area contributed by atoms with Gasteiger partial charge in [-0.2, -0.15) is 13.2 Å². The average molecular weight is 329 g/mol. The molecule has 2 atom stereocenters. The normalized spacial score (nSPS) is 22.0. The lowest BCUT2D eigenvalue weighted by molar-refractivity contribution is -0.141. The molecule has 0 unspecified atom stereocenters. The average Bonchev–Trinajstić information content (AvgIpc) is 2.45. The number of likely N-dealkylation sites (tertiary alicyclic amines) is 1. The van der Waals surface area contributed by atoms with Crippen LogP contribution in [0.4, 0.5) is 13.2 Å². The van der Waals surface area contributed by atoms with Crippen LogP contribution in [0.25, 0.3) is 0 Å². The fraction of sp³-hybridized carbons (Fsp3) is 0.533. The van der Waals surface area contributed by atoms with E-state index in [1.807, 2.05) is 6.92 Å². The molecular weight excluding hydrogens is 311 g/mol. The molecule has 2 amide bonds. The van der Waals surface area contributed by atoms with Gasteiger partial charge in [0.15, 0.2) is 0 Å². The molecule has 1 aromatic heterocycles. The zero-order valence-electron chi connectivity index (χ0n) is 12.9. The van der Waals surface area contributed by atoms with Crippen LogP contribution in [0.5, 0.6) is 0 Å². The number of pyridine rings is 1. The highest BCUT2D eigenvalue weighted by molar-refractivity contribution is 5.96. The maximum atomic E-state index is 12.6. The first-order valence-corrected chi connectivity index (χ1v) is 7.26. The lowest BCUT2D eigenvalue weighted by Gasteiger charge is -2.37. The minimum absolute atomic E-state index is 0.0122. The molecule has 23 heavy (non-hydrogen) atoms. The number of hydrogen-bond acceptors (Lipinski definition) is 3. The Bertz CT molecular complexity index is 631. The van der Waals surface area contributed by atoms with Crippen LogP contribution in [-0.2, 0) is 11.0 Å². The minimum atomic E-state index is -4.55.